The summed E-state index contributed by atoms with van der Waals surface area (Å²) < 4.78 is 5.49. The molecule has 0 amide bonds. The van der Waals surface area contributed by atoms with Gasteiger partial charge < -0.3 is 10.1 Å². The van der Waals surface area contributed by atoms with Crippen molar-refractivity contribution in [2.45, 2.75) is 33.2 Å². The summed E-state index contributed by atoms with van der Waals surface area (Å²) >= 11 is 0. The second kappa shape index (κ2) is 7.36. The van der Waals surface area contributed by atoms with Crippen LogP contribution in [0.3, 0.4) is 0 Å². The van der Waals surface area contributed by atoms with Gasteiger partial charge in [0.1, 0.15) is 0 Å². The third-order valence-electron chi connectivity index (χ3n) is 2.47. The first-order valence-electron chi connectivity index (χ1n) is 6.01. The minimum Gasteiger partial charge on any atom is -0.380 e. The van der Waals surface area contributed by atoms with Crippen molar-refractivity contribution < 1.29 is 4.74 Å². The van der Waals surface area contributed by atoms with Crippen LogP contribution < -0.4 is 5.32 Å². The lowest BCUT2D eigenvalue weighted by atomic mass is 10.1. The van der Waals surface area contributed by atoms with Crippen molar-refractivity contribution in [1.29, 1.82) is 0 Å². The smallest absolute Gasteiger partial charge is 0.0661 e. The number of aryl methyl sites for hydroxylation is 1. The highest BCUT2D eigenvalue weighted by molar-refractivity contribution is 5.17. The van der Waals surface area contributed by atoms with Crippen LogP contribution in [-0.4, -0.2) is 24.7 Å². The molecule has 0 aliphatic rings. The lowest BCUT2D eigenvalue weighted by Crippen LogP contribution is -2.26. The minimum atomic E-state index is 0.257. The van der Waals surface area contributed by atoms with E-state index in [0.717, 1.165) is 25.3 Å². The SMILES string of the molecule is CCCNC(COCC)c1ccc(C)nc1. The van der Waals surface area contributed by atoms with E-state index in [0.29, 0.717) is 6.61 Å². The Bertz CT molecular complexity index is 276. The fourth-order valence-electron chi connectivity index (χ4n) is 1.51. The molecule has 1 aromatic heterocycles. The molecule has 0 bridgehead atoms. The first-order valence-corrected chi connectivity index (χ1v) is 6.01. The molecule has 0 saturated heterocycles. The molecule has 1 atom stereocenters. The van der Waals surface area contributed by atoms with Gasteiger partial charge in [0.25, 0.3) is 0 Å². The second-order valence-corrected chi connectivity index (χ2v) is 3.90. The molecule has 0 saturated carbocycles. The molecule has 0 fully saturated rings. The van der Waals surface area contributed by atoms with Gasteiger partial charge in [-0.1, -0.05) is 13.0 Å². The Morgan fingerprint density at radius 2 is 2.19 bits per heavy atom. The summed E-state index contributed by atoms with van der Waals surface area (Å²) in [5, 5.41) is 3.47. The van der Waals surface area contributed by atoms with Crippen LogP contribution in [0.2, 0.25) is 0 Å². The molecule has 0 radical (unpaired) electrons. The average molecular weight is 222 g/mol. The highest BCUT2D eigenvalue weighted by atomic mass is 16.5. The molecule has 0 aliphatic carbocycles. The van der Waals surface area contributed by atoms with Crippen LogP contribution in [0.25, 0.3) is 0 Å². The molecule has 16 heavy (non-hydrogen) atoms. The van der Waals surface area contributed by atoms with E-state index in [2.05, 4.69) is 23.3 Å². The molecule has 0 aromatic carbocycles. The van der Waals surface area contributed by atoms with Crippen molar-refractivity contribution >= 4 is 0 Å². The van der Waals surface area contributed by atoms with E-state index in [1.165, 1.54) is 5.56 Å². The Labute approximate surface area is 98.2 Å². The van der Waals surface area contributed by atoms with Gasteiger partial charge in [0.15, 0.2) is 0 Å². The van der Waals surface area contributed by atoms with E-state index in [4.69, 9.17) is 4.74 Å². The van der Waals surface area contributed by atoms with Crippen LogP contribution in [0.4, 0.5) is 0 Å². The van der Waals surface area contributed by atoms with Crippen molar-refractivity contribution in [1.82, 2.24) is 10.3 Å². The van der Waals surface area contributed by atoms with Gasteiger partial charge >= 0.3 is 0 Å². The van der Waals surface area contributed by atoms with Crippen molar-refractivity contribution in [3.63, 3.8) is 0 Å². The van der Waals surface area contributed by atoms with Gasteiger partial charge in [0.2, 0.25) is 0 Å². The van der Waals surface area contributed by atoms with Crippen molar-refractivity contribution in [2.24, 2.45) is 0 Å². The first kappa shape index (κ1) is 13.1. The van der Waals surface area contributed by atoms with Crippen molar-refractivity contribution in [3.8, 4) is 0 Å². The van der Waals surface area contributed by atoms with E-state index in [-0.39, 0.29) is 6.04 Å². The van der Waals surface area contributed by atoms with E-state index in [1.54, 1.807) is 0 Å². The Morgan fingerprint density at radius 3 is 2.75 bits per heavy atom. The quantitative estimate of drug-likeness (QED) is 0.769. The van der Waals surface area contributed by atoms with Crippen LogP contribution in [0.15, 0.2) is 18.3 Å². The Balaban J connectivity index is 2.62. The zero-order chi connectivity index (χ0) is 11.8. The molecular formula is C13H22N2O. The molecule has 0 aliphatic heterocycles. The van der Waals surface area contributed by atoms with E-state index in [9.17, 15) is 0 Å². The Morgan fingerprint density at radius 1 is 1.38 bits per heavy atom. The Kier molecular flexibility index (Phi) is 6.04. The molecule has 1 aromatic rings. The maximum absolute atomic E-state index is 5.49. The average Bonchev–Trinajstić information content (AvgIpc) is 2.31. The zero-order valence-corrected chi connectivity index (χ0v) is 10.5. The largest absolute Gasteiger partial charge is 0.380 e. The summed E-state index contributed by atoms with van der Waals surface area (Å²) in [6, 6.07) is 4.42. The fourth-order valence-corrected chi connectivity index (χ4v) is 1.51. The number of rotatable bonds is 7. The first-order chi connectivity index (χ1) is 7.77. The predicted octanol–water partition coefficient (Wildman–Crippen LogP) is 2.47. The Hall–Kier alpha value is -0.930. The number of hydrogen-bond donors (Lipinski definition) is 1. The number of nitrogens with one attached hydrogen (secondary N) is 1. The van der Waals surface area contributed by atoms with E-state index >= 15 is 0 Å². The molecule has 1 unspecified atom stereocenters. The lowest BCUT2D eigenvalue weighted by Gasteiger charge is -2.18. The van der Waals surface area contributed by atoms with Crippen LogP contribution in [-0.2, 0) is 4.74 Å². The number of ether oxygens (including phenoxy) is 1. The van der Waals surface area contributed by atoms with Crippen LogP contribution in [0.5, 0.6) is 0 Å². The zero-order valence-electron chi connectivity index (χ0n) is 10.5. The van der Waals surface area contributed by atoms with Crippen molar-refractivity contribution in [3.05, 3.63) is 29.6 Å². The summed E-state index contributed by atoms with van der Waals surface area (Å²) in [5.41, 5.74) is 2.25. The molecule has 1 N–H and O–H groups in total. The van der Waals surface area contributed by atoms with Gasteiger partial charge in [0, 0.05) is 18.5 Å². The van der Waals surface area contributed by atoms with Gasteiger partial charge in [-0.05, 0) is 38.4 Å². The summed E-state index contributed by atoms with van der Waals surface area (Å²) in [7, 11) is 0. The third kappa shape index (κ3) is 4.29. The van der Waals surface area contributed by atoms with Crippen LogP contribution in [0.1, 0.15) is 37.6 Å². The summed E-state index contributed by atoms with van der Waals surface area (Å²) in [6.45, 7) is 8.65. The number of pyridine rings is 1. The maximum Gasteiger partial charge on any atom is 0.0661 e. The lowest BCUT2D eigenvalue weighted by molar-refractivity contribution is 0.123. The molecular weight excluding hydrogens is 200 g/mol. The molecule has 90 valence electrons. The third-order valence-corrected chi connectivity index (χ3v) is 2.47. The molecule has 1 heterocycles. The van der Waals surface area contributed by atoms with Gasteiger partial charge in [0.05, 0.1) is 12.6 Å². The van der Waals surface area contributed by atoms with Gasteiger partial charge in [-0.15, -0.1) is 0 Å². The molecule has 3 heteroatoms. The topological polar surface area (TPSA) is 34.1 Å². The highest BCUT2D eigenvalue weighted by Crippen LogP contribution is 2.12. The van der Waals surface area contributed by atoms with Crippen molar-refractivity contribution in [2.75, 3.05) is 19.8 Å². The van der Waals surface area contributed by atoms with Gasteiger partial charge in [-0.3, -0.25) is 4.98 Å². The molecule has 3 nitrogen and oxygen atoms in total. The predicted molar refractivity (Wildman–Crippen MR) is 66.5 cm³/mol. The monoisotopic (exact) mass is 222 g/mol. The number of hydrogen-bond acceptors (Lipinski definition) is 3. The van der Waals surface area contributed by atoms with Gasteiger partial charge in [-0.2, -0.15) is 0 Å². The second-order valence-electron chi connectivity index (χ2n) is 3.90. The van der Waals surface area contributed by atoms with Gasteiger partial charge in [-0.25, -0.2) is 0 Å². The van der Waals surface area contributed by atoms with E-state index in [1.807, 2.05) is 26.1 Å². The maximum atomic E-state index is 5.49. The minimum absolute atomic E-state index is 0.257. The van der Waals surface area contributed by atoms with E-state index < -0.39 is 0 Å². The molecule has 0 spiro atoms. The number of nitrogens with zero attached hydrogens (tertiary/aromatic N) is 1. The summed E-state index contributed by atoms with van der Waals surface area (Å²) in [5.74, 6) is 0. The molecule has 1 rings (SSSR count). The summed E-state index contributed by atoms with van der Waals surface area (Å²) in [6.07, 6.45) is 3.06. The summed E-state index contributed by atoms with van der Waals surface area (Å²) in [4.78, 5) is 4.32. The fraction of sp³-hybridized carbons (Fsp3) is 0.615. The van der Waals surface area contributed by atoms with Crippen LogP contribution >= 0.6 is 0 Å². The highest BCUT2D eigenvalue weighted by Gasteiger charge is 2.10. The normalized spacial score (nSPS) is 12.7. The number of aromatic nitrogens is 1. The standard InChI is InChI=1S/C13H22N2O/c1-4-8-14-13(10-16-5-2)12-7-6-11(3)15-9-12/h6-7,9,13-14H,4-5,8,10H2,1-3H3. The van der Waals surface area contributed by atoms with Crippen LogP contribution in [0, 0.1) is 6.92 Å².